The third-order valence-electron chi connectivity index (χ3n) is 2.12. The number of carbonyl (C=O) groups excluding carboxylic acids is 1. The van der Waals surface area contributed by atoms with E-state index in [1.165, 1.54) is 19.3 Å². The molecule has 1 aromatic carbocycles. The molecule has 0 aromatic heterocycles. The van der Waals surface area contributed by atoms with Crippen LogP contribution < -0.4 is 0 Å². The summed E-state index contributed by atoms with van der Waals surface area (Å²) in [5.41, 5.74) is 0. The first kappa shape index (κ1) is 19.0. The van der Waals surface area contributed by atoms with Crippen LogP contribution in [0.15, 0.2) is 30.3 Å². The molecule has 0 spiro atoms. The largest absolute Gasteiger partial charge is 0.300 e. The maximum atomic E-state index is 10.4. The summed E-state index contributed by atoms with van der Waals surface area (Å²) >= 11 is 5.54. The van der Waals surface area contributed by atoms with Crippen molar-refractivity contribution in [3.05, 3.63) is 35.4 Å². The second-order valence-corrected chi connectivity index (χ2v) is 4.24. The molecule has 0 aliphatic heterocycles. The summed E-state index contributed by atoms with van der Waals surface area (Å²) in [5, 5.41) is 0.794. The fraction of sp³-hybridized carbons (Fsp3) is 0.500. The summed E-state index contributed by atoms with van der Waals surface area (Å²) in [6.45, 7) is 3.83. The molecular weight excluding hydrogens is 283 g/mol. The van der Waals surface area contributed by atoms with Crippen LogP contribution >= 0.6 is 11.6 Å². The molecule has 3 heteroatoms. The molecule has 1 nitrogen and oxygen atoms in total. The molecule has 17 heavy (non-hydrogen) atoms. The van der Waals surface area contributed by atoms with Crippen LogP contribution in [0.1, 0.15) is 46.0 Å². The van der Waals surface area contributed by atoms with Gasteiger partial charge in [0.25, 0.3) is 0 Å². The van der Waals surface area contributed by atoms with Crippen LogP contribution in [-0.2, 0) is 21.9 Å². The Bertz CT molecular complexity index is 275. The monoisotopic (exact) mass is 303 g/mol. The molecule has 1 aromatic rings. The number of rotatable bonds is 5. The molecule has 101 valence electrons. The number of unbranched alkanes of at least 4 members (excludes halogenated alkanes) is 3. The van der Waals surface area contributed by atoms with E-state index in [2.05, 4.69) is 6.92 Å². The molecule has 0 aliphatic rings. The Balaban J connectivity index is 0. The van der Waals surface area contributed by atoms with Crippen molar-refractivity contribution in [2.75, 3.05) is 0 Å². The molecule has 1 rings (SSSR count). The normalized spacial score (nSPS) is 8.65. The van der Waals surface area contributed by atoms with Gasteiger partial charge in [-0.15, -0.1) is 0 Å². The van der Waals surface area contributed by atoms with Crippen molar-refractivity contribution in [1.29, 1.82) is 0 Å². The van der Waals surface area contributed by atoms with E-state index < -0.39 is 0 Å². The van der Waals surface area contributed by atoms with E-state index in [1.807, 2.05) is 30.3 Å². The molecule has 0 amide bonds. The van der Waals surface area contributed by atoms with E-state index in [9.17, 15) is 4.79 Å². The fourth-order valence-electron chi connectivity index (χ4n) is 1.22. The Kier molecular flexibility index (Phi) is 15.4. The fourth-order valence-corrected chi connectivity index (χ4v) is 1.36. The minimum atomic E-state index is 0. The average molecular weight is 304 g/mol. The van der Waals surface area contributed by atoms with Gasteiger partial charge < -0.3 is 4.79 Å². The van der Waals surface area contributed by atoms with Gasteiger partial charge >= 0.3 is 0 Å². The number of halogens is 1. The topological polar surface area (TPSA) is 17.1 Å². The zero-order valence-electron chi connectivity index (χ0n) is 10.5. The second-order valence-electron chi connectivity index (χ2n) is 3.81. The Labute approximate surface area is 120 Å². The SMILES string of the molecule is CCCCCCC(C)=O.Clc1ccccc1.[Cu]. The first-order valence-electron chi connectivity index (χ1n) is 5.86. The Morgan fingerprint density at radius 2 is 1.71 bits per heavy atom. The summed E-state index contributed by atoms with van der Waals surface area (Å²) in [7, 11) is 0. The molecular formula is C14H21ClCuO. The summed E-state index contributed by atoms with van der Waals surface area (Å²) in [6, 6.07) is 9.44. The van der Waals surface area contributed by atoms with E-state index in [4.69, 9.17) is 11.6 Å². The van der Waals surface area contributed by atoms with Crippen LogP contribution in [0.3, 0.4) is 0 Å². The van der Waals surface area contributed by atoms with Crippen molar-refractivity contribution in [2.24, 2.45) is 0 Å². The number of benzene rings is 1. The zero-order chi connectivity index (χ0) is 12.2. The van der Waals surface area contributed by atoms with Crippen molar-refractivity contribution < 1.29 is 21.9 Å². The first-order valence-corrected chi connectivity index (χ1v) is 6.24. The standard InChI is InChI=1S/C8H16O.C6H5Cl.Cu/c1-3-4-5-6-7-8(2)9;7-6-4-2-1-3-5-6;/h3-7H2,1-2H3;1-5H;. The van der Waals surface area contributed by atoms with E-state index >= 15 is 0 Å². The molecule has 0 fully saturated rings. The molecule has 0 aliphatic carbocycles. The van der Waals surface area contributed by atoms with E-state index in [1.54, 1.807) is 6.92 Å². The van der Waals surface area contributed by atoms with Gasteiger partial charge in [-0.3, -0.25) is 0 Å². The maximum Gasteiger partial charge on any atom is 0.129 e. The van der Waals surface area contributed by atoms with Crippen LogP contribution in [0, 0.1) is 0 Å². The molecule has 0 saturated heterocycles. The predicted octanol–water partition coefficient (Wildman–Crippen LogP) is 4.88. The quantitative estimate of drug-likeness (QED) is 0.559. The van der Waals surface area contributed by atoms with Crippen molar-refractivity contribution in [2.45, 2.75) is 46.0 Å². The molecule has 0 heterocycles. The number of carbonyl (C=O) groups is 1. The third kappa shape index (κ3) is 15.7. The van der Waals surface area contributed by atoms with Gasteiger partial charge in [0.2, 0.25) is 0 Å². The van der Waals surface area contributed by atoms with Gasteiger partial charge in [0.15, 0.2) is 0 Å². The smallest absolute Gasteiger partial charge is 0.129 e. The number of hydrogen-bond donors (Lipinski definition) is 0. The van der Waals surface area contributed by atoms with Crippen LogP contribution in [0.4, 0.5) is 0 Å². The molecule has 0 saturated carbocycles. The second kappa shape index (κ2) is 13.8. The minimum Gasteiger partial charge on any atom is -0.300 e. The summed E-state index contributed by atoms with van der Waals surface area (Å²) < 4.78 is 0. The van der Waals surface area contributed by atoms with Gasteiger partial charge in [0.1, 0.15) is 5.78 Å². The van der Waals surface area contributed by atoms with E-state index in [0.717, 1.165) is 17.9 Å². The number of hydrogen-bond acceptors (Lipinski definition) is 1. The van der Waals surface area contributed by atoms with E-state index in [0.29, 0.717) is 5.78 Å². The van der Waals surface area contributed by atoms with Gasteiger partial charge in [-0.25, -0.2) is 0 Å². The Hall–Kier alpha value is -0.301. The molecule has 1 radical (unpaired) electrons. The van der Waals surface area contributed by atoms with Gasteiger partial charge in [0.05, 0.1) is 0 Å². The molecule has 0 unspecified atom stereocenters. The summed E-state index contributed by atoms with van der Waals surface area (Å²) in [6.07, 6.45) is 5.60. The Morgan fingerprint density at radius 3 is 2.06 bits per heavy atom. The summed E-state index contributed by atoms with van der Waals surface area (Å²) in [5.74, 6) is 0.325. The maximum absolute atomic E-state index is 10.4. The van der Waals surface area contributed by atoms with Crippen LogP contribution in [-0.4, -0.2) is 5.78 Å². The van der Waals surface area contributed by atoms with Crippen molar-refractivity contribution in [3.63, 3.8) is 0 Å². The van der Waals surface area contributed by atoms with Crippen LogP contribution in [0.25, 0.3) is 0 Å². The van der Waals surface area contributed by atoms with Gasteiger partial charge in [-0.05, 0) is 25.5 Å². The van der Waals surface area contributed by atoms with Gasteiger partial charge in [0, 0.05) is 28.5 Å². The zero-order valence-corrected chi connectivity index (χ0v) is 12.2. The minimum absolute atomic E-state index is 0. The molecule has 0 bridgehead atoms. The average Bonchev–Trinajstić information content (AvgIpc) is 2.26. The predicted molar refractivity (Wildman–Crippen MR) is 70.9 cm³/mol. The van der Waals surface area contributed by atoms with Gasteiger partial charge in [-0.2, -0.15) is 0 Å². The van der Waals surface area contributed by atoms with E-state index in [-0.39, 0.29) is 17.1 Å². The van der Waals surface area contributed by atoms with Crippen LogP contribution in [0.5, 0.6) is 0 Å². The summed E-state index contributed by atoms with van der Waals surface area (Å²) in [4.78, 5) is 10.4. The molecule has 0 atom stereocenters. The first-order chi connectivity index (χ1) is 7.66. The number of ketones is 1. The van der Waals surface area contributed by atoms with Crippen molar-refractivity contribution >= 4 is 17.4 Å². The molecule has 0 N–H and O–H groups in total. The Morgan fingerprint density at radius 1 is 1.12 bits per heavy atom. The number of Topliss-reactive ketones (excluding diaryl/α,β-unsaturated/α-hetero) is 1. The van der Waals surface area contributed by atoms with Crippen molar-refractivity contribution in [1.82, 2.24) is 0 Å². The van der Waals surface area contributed by atoms with Crippen LogP contribution in [0.2, 0.25) is 5.02 Å². The third-order valence-corrected chi connectivity index (χ3v) is 2.37. The van der Waals surface area contributed by atoms with Gasteiger partial charge in [-0.1, -0.05) is 56.0 Å². The van der Waals surface area contributed by atoms with Crippen molar-refractivity contribution in [3.8, 4) is 0 Å².